The Morgan fingerprint density at radius 1 is 1.28 bits per heavy atom. The number of benzene rings is 1. The van der Waals surface area contributed by atoms with Gasteiger partial charge in [0.2, 0.25) is 5.91 Å². The zero-order chi connectivity index (χ0) is 17.8. The molecule has 0 radical (unpaired) electrons. The molecule has 0 aliphatic carbocycles. The maximum Gasteiger partial charge on any atom is 0.262 e. The molecule has 7 heteroatoms. The largest absolute Gasteiger partial charge is 0.324 e. The molecule has 0 aliphatic heterocycles. The number of para-hydroxylation sites is 1. The number of anilines is 1. The number of hydrogen-bond donors (Lipinski definition) is 1. The summed E-state index contributed by atoms with van der Waals surface area (Å²) >= 11 is 1.27. The van der Waals surface area contributed by atoms with E-state index in [0.717, 1.165) is 0 Å². The topological polar surface area (TPSA) is 76.9 Å². The first-order valence-corrected chi connectivity index (χ1v) is 8.85. The number of carbonyl (C=O) groups is 1. The van der Waals surface area contributed by atoms with Crippen molar-refractivity contribution < 1.29 is 4.79 Å². The van der Waals surface area contributed by atoms with Gasteiger partial charge in [0.1, 0.15) is 0 Å². The molecule has 0 aliphatic rings. The third-order valence-electron chi connectivity index (χ3n) is 3.72. The molecule has 3 rings (SSSR count). The van der Waals surface area contributed by atoms with Crippen LogP contribution in [0.5, 0.6) is 0 Å². The summed E-state index contributed by atoms with van der Waals surface area (Å²) in [6.07, 6.45) is 3.23. The van der Waals surface area contributed by atoms with Crippen LogP contribution in [-0.4, -0.2) is 25.7 Å². The summed E-state index contributed by atoms with van der Waals surface area (Å²) in [5.74, 6) is -0.164. The number of aromatic nitrogens is 3. The van der Waals surface area contributed by atoms with Gasteiger partial charge in [0.25, 0.3) is 5.56 Å². The van der Waals surface area contributed by atoms with Crippen molar-refractivity contribution in [3.05, 3.63) is 59.1 Å². The molecule has 2 aromatic heterocycles. The van der Waals surface area contributed by atoms with E-state index in [1.807, 2.05) is 19.1 Å². The lowest BCUT2D eigenvalue weighted by Gasteiger charge is -2.15. The van der Waals surface area contributed by atoms with Gasteiger partial charge in [0.05, 0.1) is 28.0 Å². The van der Waals surface area contributed by atoms with E-state index in [1.165, 1.54) is 11.8 Å². The first-order valence-electron chi connectivity index (χ1n) is 7.97. The van der Waals surface area contributed by atoms with Crippen LogP contribution in [0, 0.1) is 0 Å². The minimum Gasteiger partial charge on any atom is -0.324 e. The standard InChI is InChI=1S/C18H18N4O2S/c1-3-22-17(24)14-8-4-5-9-15(14)21-18(22)25-12(2)16(23)20-13-7-6-10-19-11-13/h4-12H,3H2,1-2H3,(H,20,23). The second-order valence-electron chi connectivity index (χ2n) is 5.45. The van der Waals surface area contributed by atoms with Gasteiger partial charge in [-0.05, 0) is 38.1 Å². The number of rotatable bonds is 5. The molecule has 1 amide bonds. The molecular formula is C18H18N4O2S. The van der Waals surface area contributed by atoms with E-state index in [2.05, 4.69) is 15.3 Å². The lowest BCUT2D eigenvalue weighted by molar-refractivity contribution is -0.115. The number of hydrogen-bond acceptors (Lipinski definition) is 5. The molecule has 0 spiro atoms. The molecule has 128 valence electrons. The predicted octanol–water partition coefficient (Wildman–Crippen LogP) is 2.93. The Balaban J connectivity index is 1.86. The zero-order valence-corrected chi connectivity index (χ0v) is 14.8. The number of thioether (sulfide) groups is 1. The summed E-state index contributed by atoms with van der Waals surface area (Å²) in [5, 5.41) is 3.53. The van der Waals surface area contributed by atoms with Crippen LogP contribution >= 0.6 is 11.8 Å². The van der Waals surface area contributed by atoms with Crippen molar-refractivity contribution in [1.82, 2.24) is 14.5 Å². The smallest absolute Gasteiger partial charge is 0.262 e. The molecular weight excluding hydrogens is 336 g/mol. The molecule has 1 unspecified atom stereocenters. The molecule has 0 saturated carbocycles. The summed E-state index contributed by atoms with van der Waals surface area (Å²) in [6.45, 7) is 4.18. The minimum atomic E-state index is -0.411. The highest BCUT2D eigenvalue weighted by Crippen LogP contribution is 2.23. The lowest BCUT2D eigenvalue weighted by atomic mass is 10.2. The fourth-order valence-electron chi connectivity index (χ4n) is 2.41. The summed E-state index contributed by atoms with van der Waals surface area (Å²) < 4.78 is 1.60. The van der Waals surface area contributed by atoms with Gasteiger partial charge in [-0.15, -0.1) is 0 Å². The van der Waals surface area contributed by atoms with Crippen LogP contribution in [0.2, 0.25) is 0 Å². The molecule has 6 nitrogen and oxygen atoms in total. The van der Waals surface area contributed by atoms with Gasteiger partial charge in [-0.25, -0.2) is 4.98 Å². The lowest BCUT2D eigenvalue weighted by Crippen LogP contribution is -2.26. The normalized spacial score (nSPS) is 12.1. The van der Waals surface area contributed by atoms with Crippen LogP contribution in [0.1, 0.15) is 13.8 Å². The fraction of sp³-hybridized carbons (Fsp3) is 0.222. The molecule has 0 fully saturated rings. The minimum absolute atomic E-state index is 0.0875. The van der Waals surface area contributed by atoms with Gasteiger partial charge in [-0.3, -0.25) is 19.1 Å². The Morgan fingerprint density at radius 3 is 2.80 bits per heavy atom. The van der Waals surface area contributed by atoms with Gasteiger partial charge >= 0.3 is 0 Å². The van der Waals surface area contributed by atoms with Crippen LogP contribution < -0.4 is 10.9 Å². The Bertz CT molecular complexity index is 956. The number of nitrogens with zero attached hydrogens (tertiary/aromatic N) is 3. The number of amides is 1. The van der Waals surface area contributed by atoms with Crippen molar-refractivity contribution >= 4 is 34.3 Å². The number of fused-ring (bicyclic) bond motifs is 1. The van der Waals surface area contributed by atoms with Crippen LogP contribution in [0.3, 0.4) is 0 Å². The van der Waals surface area contributed by atoms with Crippen molar-refractivity contribution in [2.24, 2.45) is 0 Å². The molecule has 2 heterocycles. The second kappa shape index (κ2) is 7.48. The molecule has 1 atom stereocenters. The Kier molecular flexibility index (Phi) is 5.14. The molecule has 1 N–H and O–H groups in total. The highest BCUT2D eigenvalue weighted by molar-refractivity contribution is 8.00. The van der Waals surface area contributed by atoms with E-state index in [1.54, 1.807) is 48.1 Å². The van der Waals surface area contributed by atoms with E-state index < -0.39 is 5.25 Å². The monoisotopic (exact) mass is 354 g/mol. The maximum absolute atomic E-state index is 12.6. The zero-order valence-electron chi connectivity index (χ0n) is 14.0. The molecule has 0 saturated heterocycles. The van der Waals surface area contributed by atoms with Gasteiger partial charge in [-0.1, -0.05) is 23.9 Å². The van der Waals surface area contributed by atoms with Gasteiger partial charge in [0, 0.05) is 12.7 Å². The van der Waals surface area contributed by atoms with E-state index in [4.69, 9.17) is 0 Å². The van der Waals surface area contributed by atoms with Crippen molar-refractivity contribution in [3.63, 3.8) is 0 Å². The van der Waals surface area contributed by atoms with Crippen LogP contribution in [0.15, 0.2) is 58.7 Å². The van der Waals surface area contributed by atoms with Crippen molar-refractivity contribution in [2.45, 2.75) is 30.8 Å². The Morgan fingerprint density at radius 2 is 2.08 bits per heavy atom. The summed E-state index contributed by atoms with van der Waals surface area (Å²) in [7, 11) is 0. The van der Waals surface area contributed by atoms with Crippen LogP contribution in [0.25, 0.3) is 10.9 Å². The van der Waals surface area contributed by atoms with Crippen molar-refractivity contribution in [3.8, 4) is 0 Å². The third kappa shape index (κ3) is 3.71. The maximum atomic E-state index is 12.6. The first kappa shape index (κ1) is 17.2. The van der Waals surface area contributed by atoms with Crippen LogP contribution in [0.4, 0.5) is 5.69 Å². The second-order valence-corrected chi connectivity index (χ2v) is 6.76. The average molecular weight is 354 g/mol. The highest BCUT2D eigenvalue weighted by atomic mass is 32.2. The van der Waals surface area contributed by atoms with Crippen molar-refractivity contribution in [1.29, 1.82) is 0 Å². The summed E-state index contributed by atoms with van der Waals surface area (Å²) in [4.78, 5) is 33.6. The van der Waals surface area contributed by atoms with E-state index >= 15 is 0 Å². The number of carbonyl (C=O) groups excluding carboxylic acids is 1. The summed E-state index contributed by atoms with van der Waals surface area (Å²) in [5.41, 5.74) is 1.19. The Labute approximate surface area is 149 Å². The van der Waals surface area contributed by atoms with E-state index in [-0.39, 0.29) is 11.5 Å². The first-order chi connectivity index (χ1) is 12.1. The van der Waals surface area contributed by atoms with E-state index in [9.17, 15) is 9.59 Å². The van der Waals surface area contributed by atoms with Gasteiger partial charge in [0.15, 0.2) is 5.16 Å². The highest BCUT2D eigenvalue weighted by Gasteiger charge is 2.19. The van der Waals surface area contributed by atoms with E-state index in [0.29, 0.717) is 28.3 Å². The fourth-order valence-corrected chi connectivity index (χ4v) is 3.38. The number of pyridine rings is 1. The SMILES string of the molecule is CCn1c(SC(C)C(=O)Nc2cccnc2)nc2ccccc2c1=O. The van der Waals surface area contributed by atoms with Gasteiger partial charge < -0.3 is 5.32 Å². The predicted molar refractivity (Wildman–Crippen MR) is 99.9 cm³/mol. The molecule has 0 bridgehead atoms. The number of nitrogens with one attached hydrogen (secondary N) is 1. The quantitative estimate of drug-likeness (QED) is 0.563. The van der Waals surface area contributed by atoms with Crippen LogP contribution in [-0.2, 0) is 11.3 Å². The average Bonchev–Trinajstić information content (AvgIpc) is 2.63. The molecule has 3 aromatic rings. The van der Waals surface area contributed by atoms with Crippen molar-refractivity contribution in [2.75, 3.05) is 5.32 Å². The molecule has 25 heavy (non-hydrogen) atoms. The third-order valence-corrected chi connectivity index (χ3v) is 4.81. The van der Waals surface area contributed by atoms with Gasteiger partial charge in [-0.2, -0.15) is 0 Å². The molecule has 1 aromatic carbocycles. The summed E-state index contributed by atoms with van der Waals surface area (Å²) in [6, 6.07) is 10.8. The Hall–Kier alpha value is -2.67.